The van der Waals surface area contributed by atoms with Gasteiger partial charge in [0.25, 0.3) is 0 Å². The summed E-state index contributed by atoms with van der Waals surface area (Å²) >= 11 is 7.26. The third-order valence-electron chi connectivity index (χ3n) is 3.41. The molecule has 2 aromatic carbocycles. The molecule has 1 amide bonds. The molecule has 0 saturated carbocycles. The fraction of sp³-hybridized carbons (Fsp3) is 0.118. The van der Waals surface area contributed by atoms with Gasteiger partial charge in [-0.2, -0.15) is 5.10 Å². The van der Waals surface area contributed by atoms with Gasteiger partial charge in [-0.3, -0.25) is 4.79 Å². The van der Waals surface area contributed by atoms with Crippen LogP contribution in [0.4, 0.5) is 0 Å². The van der Waals surface area contributed by atoms with Crippen LogP contribution in [0.5, 0.6) is 0 Å². The van der Waals surface area contributed by atoms with E-state index < -0.39 is 0 Å². The molecule has 0 aliphatic heterocycles. The highest BCUT2D eigenvalue weighted by Gasteiger charge is 2.05. The first-order valence-electron chi connectivity index (χ1n) is 7.67. The number of carbonyl (C=O) groups is 1. The highest BCUT2D eigenvalue weighted by Crippen LogP contribution is 2.19. The highest BCUT2D eigenvalue weighted by molar-refractivity contribution is 8.00. The Bertz CT molecular complexity index is 911. The minimum absolute atomic E-state index is 0.180. The number of hydrogen-bond donors (Lipinski definition) is 1. The summed E-state index contributed by atoms with van der Waals surface area (Å²) in [6, 6.07) is 14.9. The predicted octanol–water partition coefficient (Wildman–Crippen LogP) is 2.95. The van der Waals surface area contributed by atoms with Crippen molar-refractivity contribution in [3.8, 4) is 5.69 Å². The van der Waals surface area contributed by atoms with E-state index in [0.717, 1.165) is 16.1 Å². The van der Waals surface area contributed by atoms with Gasteiger partial charge in [-0.05, 0) is 59.3 Å². The van der Waals surface area contributed by atoms with Crippen molar-refractivity contribution in [3.63, 3.8) is 0 Å². The van der Waals surface area contributed by atoms with Gasteiger partial charge < -0.3 is 0 Å². The molecule has 3 rings (SSSR count). The molecule has 9 heteroatoms. The number of nitrogens with one attached hydrogen (secondary N) is 1. The van der Waals surface area contributed by atoms with Gasteiger partial charge in [0.1, 0.15) is 6.33 Å². The quantitative estimate of drug-likeness (QED) is 0.400. The first-order chi connectivity index (χ1) is 12.6. The maximum Gasteiger partial charge on any atom is 0.250 e. The van der Waals surface area contributed by atoms with E-state index in [1.54, 1.807) is 16.8 Å². The molecular formula is C17H15ClN6OS. The van der Waals surface area contributed by atoms with E-state index >= 15 is 0 Å². The second-order valence-electron chi connectivity index (χ2n) is 5.28. The number of benzene rings is 2. The first kappa shape index (κ1) is 18.1. The summed E-state index contributed by atoms with van der Waals surface area (Å²) in [6.07, 6.45) is 1.52. The maximum atomic E-state index is 12.0. The third-order valence-corrected chi connectivity index (χ3v) is 4.67. The molecular weight excluding hydrogens is 372 g/mol. The number of carbonyl (C=O) groups excluding carboxylic acids is 1. The highest BCUT2D eigenvalue weighted by atomic mass is 35.5. The molecule has 1 N–H and O–H groups in total. The van der Waals surface area contributed by atoms with Crippen LogP contribution in [0.3, 0.4) is 0 Å². The standard InChI is InChI=1S/C17H15ClN6OS/c1-12(13-3-2-4-15(9-13)24-11-19-22-23-24)20-21-17(25)10-26-16-7-5-14(18)6-8-16/h2-9,11H,10H2,1H3,(H,21,25). The van der Waals surface area contributed by atoms with E-state index in [4.69, 9.17) is 11.6 Å². The van der Waals surface area contributed by atoms with Gasteiger partial charge in [-0.15, -0.1) is 16.9 Å². The number of amides is 1. The Morgan fingerprint density at radius 1 is 1.27 bits per heavy atom. The van der Waals surface area contributed by atoms with Crippen LogP contribution < -0.4 is 5.43 Å². The molecule has 0 atom stereocenters. The van der Waals surface area contributed by atoms with E-state index in [9.17, 15) is 4.79 Å². The average molecular weight is 387 g/mol. The van der Waals surface area contributed by atoms with Gasteiger partial charge in [0.05, 0.1) is 17.2 Å². The van der Waals surface area contributed by atoms with E-state index in [1.807, 2.05) is 43.3 Å². The lowest BCUT2D eigenvalue weighted by atomic mass is 10.1. The fourth-order valence-electron chi connectivity index (χ4n) is 2.08. The van der Waals surface area contributed by atoms with Crippen molar-refractivity contribution in [2.75, 3.05) is 5.75 Å². The third kappa shape index (κ3) is 4.90. The van der Waals surface area contributed by atoms with Crippen molar-refractivity contribution >= 4 is 35.0 Å². The lowest BCUT2D eigenvalue weighted by Gasteiger charge is -2.05. The number of nitrogens with zero attached hydrogens (tertiary/aromatic N) is 5. The van der Waals surface area contributed by atoms with Crippen molar-refractivity contribution in [2.24, 2.45) is 5.10 Å². The van der Waals surface area contributed by atoms with Crippen LogP contribution in [0.15, 0.2) is 64.9 Å². The largest absolute Gasteiger partial charge is 0.272 e. The molecule has 3 aromatic rings. The van der Waals surface area contributed by atoms with Crippen LogP contribution in [0.25, 0.3) is 5.69 Å². The number of rotatable bonds is 6. The van der Waals surface area contributed by atoms with Gasteiger partial charge in [0, 0.05) is 9.92 Å². The molecule has 0 aliphatic rings. The number of tetrazole rings is 1. The molecule has 0 spiro atoms. The molecule has 0 unspecified atom stereocenters. The zero-order chi connectivity index (χ0) is 18.4. The number of hydrazone groups is 1. The predicted molar refractivity (Wildman–Crippen MR) is 102 cm³/mol. The van der Waals surface area contributed by atoms with Crippen LogP contribution in [-0.4, -0.2) is 37.6 Å². The molecule has 0 radical (unpaired) electrons. The molecule has 1 heterocycles. The Morgan fingerprint density at radius 3 is 2.81 bits per heavy atom. The fourth-order valence-corrected chi connectivity index (χ4v) is 2.89. The Morgan fingerprint density at radius 2 is 2.08 bits per heavy atom. The van der Waals surface area contributed by atoms with Crippen molar-refractivity contribution in [1.82, 2.24) is 25.6 Å². The van der Waals surface area contributed by atoms with Gasteiger partial charge in [-0.25, -0.2) is 10.1 Å². The summed E-state index contributed by atoms with van der Waals surface area (Å²) in [4.78, 5) is 12.9. The first-order valence-corrected chi connectivity index (χ1v) is 9.03. The lowest BCUT2D eigenvalue weighted by molar-refractivity contribution is -0.118. The zero-order valence-electron chi connectivity index (χ0n) is 13.8. The Balaban J connectivity index is 1.58. The monoisotopic (exact) mass is 386 g/mol. The molecule has 1 aromatic heterocycles. The van der Waals surface area contributed by atoms with Crippen molar-refractivity contribution in [3.05, 3.63) is 65.4 Å². The topological polar surface area (TPSA) is 85.1 Å². The molecule has 132 valence electrons. The summed E-state index contributed by atoms with van der Waals surface area (Å²) in [5, 5.41) is 15.9. The summed E-state index contributed by atoms with van der Waals surface area (Å²) in [5.41, 5.74) is 4.93. The smallest absolute Gasteiger partial charge is 0.250 e. The second kappa shape index (κ2) is 8.59. The minimum Gasteiger partial charge on any atom is -0.272 e. The number of hydrogen-bond acceptors (Lipinski definition) is 6. The molecule has 26 heavy (non-hydrogen) atoms. The van der Waals surface area contributed by atoms with Crippen LogP contribution in [0.1, 0.15) is 12.5 Å². The second-order valence-corrected chi connectivity index (χ2v) is 6.76. The summed E-state index contributed by atoms with van der Waals surface area (Å²) in [5.74, 6) is 0.0872. The van der Waals surface area contributed by atoms with E-state index in [2.05, 4.69) is 26.1 Å². The normalized spacial score (nSPS) is 11.4. The molecule has 0 bridgehead atoms. The number of thioether (sulfide) groups is 1. The van der Waals surface area contributed by atoms with Gasteiger partial charge >= 0.3 is 0 Å². The molecule has 0 fully saturated rings. The van der Waals surface area contributed by atoms with Crippen molar-refractivity contribution in [1.29, 1.82) is 0 Å². The lowest BCUT2D eigenvalue weighted by Crippen LogP contribution is -2.21. The van der Waals surface area contributed by atoms with Crippen molar-refractivity contribution in [2.45, 2.75) is 11.8 Å². The van der Waals surface area contributed by atoms with Crippen LogP contribution in [-0.2, 0) is 4.79 Å². The zero-order valence-corrected chi connectivity index (χ0v) is 15.4. The Kier molecular flexibility index (Phi) is 5.98. The molecule has 0 saturated heterocycles. The average Bonchev–Trinajstić information content (AvgIpc) is 3.20. The maximum absolute atomic E-state index is 12.0. The van der Waals surface area contributed by atoms with Gasteiger partial charge in [0.15, 0.2) is 0 Å². The molecule has 0 aliphatic carbocycles. The number of aromatic nitrogens is 4. The van der Waals surface area contributed by atoms with Gasteiger partial charge in [0.2, 0.25) is 5.91 Å². The van der Waals surface area contributed by atoms with Crippen molar-refractivity contribution < 1.29 is 4.79 Å². The van der Waals surface area contributed by atoms with Crippen LogP contribution >= 0.6 is 23.4 Å². The Labute approximate surface area is 159 Å². The van der Waals surface area contributed by atoms with Crippen LogP contribution in [0.2, 0.25) is 5.02 Å². The van der Waals surface area contributed by atoms with E-state index in [1.165, 1.54) is 18.1 Å². The van der Waals surface area contributed by atoms with Crippen LogP contribution in [0, 0.1) is 0 Å². The summed E-state index contributed by atoms with van der Waals surface area (Å²) in [6.45, 7) is 1.82. The number of halogens is 1. The molecule has 7 nitrogen and oxygen atoms in total. The summed E-state index contributed by atoms with van der Waals surface area (Å²) in [7, 11) is 0. The SMILES string of the molecule is CC(=NNC(=O)CSc1ccc(Cl)cc1)c1cccc(-n2cnnn2)c1. The Hall–Kier alpha value is -2.71. The van der Waals surface area contributed by atoms with E-state index in [0.29, 0.717) is 10.7 Å². The van der Waals surface area contributed by atoms with Gasteiger partial charge in [-0.1, -0.05) is 23.7 Å². The van der Waals surface area contributed by atoms with E-state index in [-0.39, 0.29) is 11.7 Å². The minimum atomic E-state index is -0.180. The summed E-state index contributed by atoms with van der Waals surface area (Å²) < 4.78 is 1.55.